The summed E-state index contributed by atoms with van der Waals surface area (Å²) >= 11 is 0. The van der Waals surface area contributed by atoms with E-state index in [4.69, 9.17) is 9.47 Å². The topological polar surface area (TPSA) is 50.8 Å². The van der Waals surface area contributed by atoms with Crippen LogP contribution in [-0.2, 0) is 4.74 Å². The van der Waals surface area contributed by atoms with Crippen molar-refractivity contribution in [2.24, 2.45) is 0 Å². The quantitative estimate of drug-likeness (QED) is 0.919. The maximum Gasteiger partial charge on any atom is 0.407 e. The van der Waals surface area contributed by atoms with Gasteiger partial charge in [0.15, 0.2) is 0 Å². The van der Waals surface area contributed by atoms with Crippen molar-refractivity contribution < 1.29 is 18.7 Å². The van der Waals surface area contributed by atoms with Crippen LogP contribution >= 0.6 is 0 Å². The van der Waals surface area contributed by atoms with Crippen molar-refractivity contribution in [3.8, 4) is 5.75 Å². The lowest BCUT2D eigenvalue weighted by Gasteiger charge is -2.32. The van der Waals surface area contributed by atoms with E-state index in [0.29, 0.717) is 12.3 Å². The fourth-order valence-corrected chi connectivity index (χ4v) is 2.76. The lowest BCUT2D eigenvalue weighted by molar-refractivity contribution is 0.0654. The zero-order chi connectivity index (χ0) is 14.7. The number of halogens is 1. The number of nitrogens with one attached hydrogen (secondary N) is 1. The number of rotatable bonds is 4. The molecule has 0 radical (unpaired) electrons. The molecule has 2 saturated heterocycles. The zero-order valence-electron chi connectivity index (χ0n) is 11.8. The third-order valence-electron chi connectivity index (χ3n) is 3.84. The Morgan fingerprint density at radius 3 is 2.86 bits per heavy atom. The smallest absolute Gasteiger partial charge is 0.407 e. The van der Waals surface area contributed by atoms with Crippen molar-refractivity contribution in [2.45, 2.75) is 25.0 Å². The summed E-state index contributed by atoms with van der Waals surface area (Å²) in [5, 5.41) is 2.66. The number of ether oxygens (including phenoxy) is 2. The minimum atomic E-state index is -0.329. The molecular weight excluding hydrogens is 275 g/mol. The summed E-state index contributed by atoms with van der Waals surface area (Å²) in [5.74, 6) is 0.308. The van der Waals surface area contributed by atoms with Crippen molar-refractivity contribution in [1.29, 1.82) is 0 Å². The van der Waals surface area contributed by atoms with Crippen molar-refractivity contribution >= 4 is 6.09 Å². The standard InChI is InChI=1S/C15H19FN2O3/c16-11-2-1-3-13(8-11)20-12-4-6-18(7-5-12)10-14-9-17-15(19)21-14/h1-3,8,12,14H,4-7,9-10H2,(H,17,19). The van der Waals surface area contributed by atoms with Crippen LogP contribution < -0.4 is 10.1 Å². The van der Waals surface area contributed by atoms with E-state index in [1.165, 1.54) is 12.1 Å². The van der Waals surface area contributed by atoms with E-state index in [9.17, 15) is 9.18 Å². The molecule has 5 nitrogen and oxygen atoms in total. The summed E-state index contributed by atoms with van der Waals surface area (Å²) in [4.78, 5) is 13.2. The maximum absolute atomic E-state index is 13.1. The van der Waals surface area contributed by atoms with Crippen LogP contribution in [0.2, 0.25) is 0 Å². The molecule has 1 aromatic rings. The van der Waals surface area contributed by atoms with Gasteiger partial charge >= 0.3 is 6.09 Å². The van der Waals surface area contributed by atoms with Crippen molar-refractivity contribution in [2.75, 3.05) is 26.2 Å². The lowest BCUT2D eigenvalue weighted by atomic mass is 10.1. The number of carbonyl (C=O) groups is 1. The Morgan fingerprint density at radius 2 is 2.19 bits per heavy atom. The monoisotopic (exact) mass is 294 g/mol. The van der Waals surface area contributed by atoms with Gasteiger partial charge in [0.05, 0.1) is 6.54 Å². The minimum Gasteiger partial charge on any atom is -0.490 e. The molecule has 21 heavy (non-hydrogen) atoms. The Hall–Kier alpha value is -1.82. The summed E-state index contributed by atoms with van der Waals surface area (Å²) in [6.07, 6.45) is 1.52. The van der Waals surface area contributed by atoms with Crippen LogP contribution in [0.1, 0.15) is 12.8 Å². The summed E-state index contributed by atoms with van der Waals surface area (Å²) in [7, 11) is 0. The van der Waals surface area contributed by atoms with E-state index in [1.807, 2.05) is 0 Å². The third kappa shape index (κ3) is 3.85. The van der Waals surface area contributed by atoms with Crippen LogP contribution in [0.5, 0.6) is 5.75 Å². The Bertz CT molecular complexity index is 503. The number of piperidine rings is 1. The van der Waals surface area contributed by atoms with Gasteiger partial charge < -0.3 is 14.8 Å². The van der Waals surface area contributed by atoms with Gasteiger partial charge in [-0.15, -0.1) is 0 Å². The average molecular weight is 294 g/mol. The highest BCUT2D eigenvalue weighted by atomic mass is 19.1. The van der Waals surface area contributed by atoms with E-state index in [0.717, 1.165) is 32.5 Å². The van der Waals surface area contributed by atoms with Crippen LogP contribution in [0.4, 0.5) is 9.18 Å². The van der Waals surface area contributed by atoms with E-state index >= 15 is 0 Å². The molecule has 2 aliphatic rings. The fraction of sp³-hybridized carbons (Fsp3) is 0.533. The lowest BCUT2D eigenvalue weighted by Crippen LogP contribution is -2.42. The SMILES string of the molecule is O=C1NCC(CN2CCC(Oc3cccc(F)c3)CC2)O1. The molecule has 2 aliphatic heterocycles. The Morgan fingerprint density at radius 1 is 1.38 bits per heavy atom. The first-order valence-electron chi connectivity index (χ1n) is 7.28. The van der Waals surface area contributed by atoms with Crippen LogP contribution in [0.3, 0.4) is 0 Å². The van der Waals surface area contributed by atoms with E-state index in [-0.39, 0.29) is 24.1 Å². The van der Waals surface area contributed by atoms with Gasteiger partial charge in [-0.2, -0.15) is 0 Å². The molecule has 1 amide bonds. The van der Waals surface area contributed by atoms with Crippen molar-refractivity contribution in [3.05, 3.63) is 30.1 Å². The second-order valence-electron chi connectivity index (χ2n) is 5.48. The van der Waals surface area contributed by atoms with E-state index in [2.05, 4.69) is 10.2 Å². The second kappa shape index (κ2) is 6.30. The predicted molar refractivity (Wildman–Crippen MR) is 74.8 cm³/mol. The highest BCUT2D eigenvalue weighted by Gasteiger charge is 2.27. The molecule has 0 saturated carbocycles. The molecule has 1 atom stereocenters. The number of hydrogen-bond donors (Lipinski definition) is 1. The predicted octanol–water partition coefficient (Wildman–Crippen LogP) is 1.78. The van der Waals surface area contributed by atoms with Gasteiger partial charge in [0, 0.05) is 25.7 Å². The first kappa shape index (κ1) is 14.1. The van der Waals surface area contributed by atoms with Gasteiger partial charge in [0.1, 0.15) is 23.8 Å². The molecule has 6 heteroatoms. The molecule has 1 aromatic carbocycles. The van der Waals surface area contributed by atoms with E-state index < -0.39 is 0 Å². The van der Waals surface area contributed by atoms with Gasteiger partial charge in [0.25, 0.3) is 0 Å². The highest BCUT2D eigenvalue weighted by molar-refractivity contribution is 5.69. The molecule has 1 unspecified atom stereocenters. The number of cyclic esters (lactones) is 1. The van der Waals surface area contributed by atoms with Gasteiger partial charge in [0.2, 0.25) is 0 Å². The number of hydrogen-bond acceptors (Lipinski definition) is 4. The van der Waals surface area contributed by atoms with Crippen LogP contribution in [0, 0.1) is 5.82 Å². The molecule has 0 aromatic heterocycles. The van der Waals surface area contributed by atoms with Gasteiger partial charge in [-0.05, 0) is 25.0 Å². The summed E-state index contributed by atoms with van der Waals surface area (Å²) in [6.45, 7) is 3.13. The number of likely N-dealkylation sites (tertiary alicyclic amines) is 1. The molecule has 3 rings (SSSR count). The molecule has 2 fully saturated rings. The van der Waals surface area contributed by atoms with Gasteiger partial charge in [-0.3, -0.25) is 4.90 Å². The maximum atomic E-state index is 13.1. The zero-order valence-corrected chi connectivity index (χ0v) is 11.8. The molecule has 0 spiro atoms. The van der Waals surface area contributed by atoms with E-state index in [1.54, 1.807) is 12.1 Å². The summed E-state index contributed by atoms with van der Waals surface area (Å²) in [6, 6.07) is 6.25. The molecule has 1 N–H and O–H groups in total. The first-order valence-corrected chi connectivity index (χ1v) is 7.28. The Kier molecular flexibility index (Phi) is 4.24. The van der Waals surface area contributed by atoms with Gasteiger partial charge in [-0.25, -0.2) is 9.18 Å². The molecular formula is C15H19FN2O3. The minimum absolute atomic E-state index is 0.0572. The summed E-state index contributed by atoms with van der Waals surface area (Å²) in [5.41, 5.74) is 0. The van der Waals surface area contributed by atoms with Crippen LogP contribution in [0.25, 0.3) is 0 Å². The molecule has 2 heterocycles. The summed E-state index contributed by atoms with van der Waals surface area (Å²) < 4.78 is 24.0. The number of benzene rings is 1. The number of alkyl carbamates (subject to hydrolysis) is 1. The highest BCUT2D eigenvalue weighted by Crippen LogP contribution is 2.20. The van der Waals surface area contributed by atoms with Crippen LogP contribution in [0.15, 0.2) is 24.3 Å². The fourth-order valence-electron chi connectivity index (χ4n) is 2.76. The molecule has 0 aliphatic carbocycles. The largest absolute Gasteiger partial charge is 0.490 e. The first-order chi connectivity index (χ1) is 10.2. The molecule has 114 valence electrons. The number of carbonyl (C=O) groups excluding carboxylic acids is 1. The van der Waals surface area contributed by atoms with Crippen molar-refractivity contribution in [3.63, 3.8) is 0 Å². The van der Waals surface area contributed by atoms with Gasteiger partial charge in [-0.1, -0.05) is 6.07 Å². The van der Waals surface area contributed by atoms with Crippen LogP contribution in [-0.4, -0.2) is 49.4 Å². The molecule has 0 bridgehead atoms. The second-order valence-corrected chi connectivity index (χ2v) is 5.48. The van der Waals surface area contributed by atoms with Crippen molar-refractivity contribution in [1.82, 2.24) is 10.2 Å². The third-order valence-corrected chi connectivity index (χ3v) is 3.84. The normalized spacial score (nSPS) is 23.7. The average Bonchev–Trinajstić information content (AvgIpc) is 2.86. The number of amides is 1. The number of nitrogens with zero attached hydrogens (tertiary/aromatic N) is 1. The Labute approximate surface area is 123 Å². The Balaban J connectivity index is 1.43.